The number of sulfonamides is 1. The van der Waals surface area contributed by atoms with Crippen LogP contribution in [0.3, 0.4) is 0 Å². The standard InChI is InChI=1S/C22H29N3O3S2/c26-22(23-14-6-11-21-24-19-9-4-5-10-20(19)29-21)17-12-15-25(16-13-17)30(27,28)18-7-2-1-3-8-18/h1-3,7-8,17H,4-6,9-16H2,(H,23,26). The van der Waals surface area contributed by atoms with E-state index in [2.05, 4.69) is 5.32 Å². The molecule has 1 aliphatic heterocycles. The Bertz CT molecular complexity index is 941. The number of nitrogens with one attached hydrogen (secondary N) is 1. The molecule has 0 bridgehead atoms. The fraction of sp³-hybridized carbons (Fsp3) is 0.545. The highest BCUT2D eigenvalue weighted by Gasteiger charge is 2.31. The van der Waals surface area contributed by atoms with Gasteiger partial charge in [-0.05, 0) is 57.1 Å². The summed E-state index contributed by atoms with van der Waals surface area (Å²) in [6.07, 6.45) is 7.73. The molecule has 2 heterocycles. The number of aromatic nitrogens is 1. The quantitative estimate of drug-likeness (QED) is 0.661. The van der Waals surface area contributed by atoms with Gasteiger partial charge in [0.25, 0.3) is 0 Å². The number of thiazole rings is 1. The zero-order valence-electron chi connectivity index (χ0n) is 17.2. The lowest BCUT2D eigenvalue weighted by molar-refractivity contribution is -0.126. The molecule has 1 saturated heterocycles. The van der Waals surface area contributed by atoms with Crippen LogP contribution in [0.4, 0.5) is 0 Å². The number of benzene rings is 1. The molecule has 1 fully saturated rings. The maximum absolute atomic E-state index is 12.7. The number of rotatable bonds is 7. The van der Waals surface area contributed by atoms with E-state index in [0.717, 1.165) is 19.3 Å². The van der Waals surface area contributed by atoms with Crippen LogP contribution in [0.5, 0.6) is 0 Å². The van der Waals surface area contributed by atoms with Crippen molar-refractivity contribution < 1.29 is 13.2 Å². The van der Waals surface area contributed by atoms with Crippen LogP contribution in [0.2, 0.25) is 0 Å². The van der Waals surface area contributed by atoms with Gasteiger partial charge in [0, 0.05) is 36.9 Å². The number of carbonyl (C=O) groups excluding carboxylic acids is 1. The van der Waals surface area contributed by atoms with E-state index < -0.39 is 10.0 Å². The SMILES string of the molecule is O=C(NCCCc1nc2c(s1)CCCC2)C1CCN(S(=O)(=O)c2ccccc2)CC1. The highest BCUT2D eigenvalue weighted by molar-refractivity contribution is 7.89. The molecular formula is C22H29N3O3S2. The Kier molecular flexibility index (Phi) is 6.85. The predicted octanol–water partition coefficient (Wildman–Crippen LogP) is 3.17. The van der Waals surface area contributed by atoms with Crippen molar-refractivity contribution >= 4 is 27.3 Å². The number of piperidine rings is 1. The normalized spacial score (nSPS) is 18.1. The van der Waals surface area contributed by atoms with E-state index in [-0.39, 0.29) is 11.8 Å². The maximum Gasteiger partial charge on any atom is 0.243 e. The van der Waals surface area contributed by atoms with Gasteiger partial charge in [-0.3, -0.25) is 4.79 Å². The summed E-state index contributed by atoms with van der Waals surface area (Å²) >= 11 is 1.84. The fourth-order valence-electron chi connectivity index (χ4n) is 4.21. The van der Waals surface area contributed by atoms with Gasteiger partial charge in [-0.1, -0.05) is 18.2 Å². The summed E-state index contributed by atoms with van der Waals surface area (Å²) < 4.78 is 26.9. The number of amides is 1. The van der Waals surface area contributed by atoms with E-state index in [9.17, 15) is 13.2 Å². The summed E-state index contributed by atoms with van der Waals surface area (Å²) in [5.41, 5.74) is 1.29. The average molecular weight is 448 g/mol. The molecule has 4 rings (SSSR count). The van der Waals surface area contributed by atoms with Crippen LogP contribution in [0, 0.1) is 5.92 Å². The van der Waals surface area contributed by atoms with Gasteiger partial charge in [-0.2, -0.15) is 4.31 Å². The molecule has 0 unspecified atom stereocenters. The summed E-state index contributed by atoms with van der Waals surface area (Å²) in [7, 11) is -3.47. The van der Waals surface area contributed by atoms with Gasteiger partial charge in [0.05, 0.1) is 15.6 Å². The minimum atomic E-state index is -3.47. The number of nitrogens with zero attached hydrogens (tertiary/aromatic N) is 2. The molecule has 0 atom stereocenters. The molecule has 1 N–H and O–H groups in total. The monoisotopic (exact) mass is 447 g/mol. The van der Waals surface area contributed by atoms with E-state index >= 15 is 0 Å². The van der Waals surface area contributed by atoms with E-state index in [1.54, 1.807) is 30.3 Å². The Balaban J connectivity index is 1.20. The van der Waals surface area contributed by atoms with E-state index in [0.29, 0.717) is 37.4 Å². The van der Waals surface area contributed by atoms with Crippen molar-refractivity contribution in [3.8, 4) is 0 Å². The third-order valence-corrected chi connectivity index (χ3v) is 9.09. The molecule has 1 aliphatic carbocycles. The van der Waals surface area contributed by atoms with Crippen LogP contribution in [0.25, 0.3) is 0 Å². The first kappa shape index (κ1) is 21.5. The van der Waals surface area contributed by atoms with Crippen LogP contribution in [0.1, 0.15) is 47.7 Å². The second kappa shape index (κ2) is 9.58. The van der Waals surface area contributed by atoms with E-state index in [1.165, 1.54) is 39.1 Å². The molecule has 0 saturated carbocycles. The van der Waals surface area contributed by atoms with Crippen molar-refractivity contribution in [2.24, 2.45) is 5.92 Å². The van der Waals surface area contributed by atoms with E-state index in [4.69, 9.17) is 4.98 Å². The fourth-order valence-corrected chi connectivity index (χ4v) is 6.90. The molecule has 30 heavy (non-hydrogen) atoms. The summed E-state index contributed by atoms with van der Waals surface area (Å²) in [6.45, 7) is 1.42. The summed E-state index contributed by atoms with van der Waals surface area (Å²) in [5.74, 6) is -0.0652. The van der Waals surface area contributed by atoms with Gasteiger partial charge < -0.3 is 5.32 Å². The Morgan fingerprint density at radius 3 is 2.60 bits per heavy atom. The van der Waals surface area contributed by atoms with E-state index in [1.807, 2.05) is 11.3 Å². The largest absolute Gasteiger partial charge is 0.356 e. The highest BCUT2D eigenvalue weighted by atomic mass is 32.2. The lowest BCUT2D eigenvalue weighted by atomic mass is 9.97. The van der Waals surface area contributed by atoms with Crippen molar-refractivity contribution in [2.75, 3.05) is 19.6 Å². The topological polar surface area (TPSA) is 79.4 Å². The smallest absolute Gasteiger partial charge is 0.243 e. The minimum Gasteiger partial charge on any atom is -0.356 e. The molecule has 6 nitrogen and oxygen atoms in total. The first-order chi connectivity index (χ1) is 14.5. The molecule has 8 heteroatoms. The van der Waals surface area contributed by atoms with Crippen LogP contribution in [-0.2, 0) is 34.1 Å². The summed E-state index contributed by atoms with van der Waals surface area (Å²) in [4.78, 5) is 19.0. The number of fused-ring (bicyclic) bond motifs is 1. The Hall–Kier alpha value is -1.77. The molecule has 162 valence electrons. The van der Waals surface area contributed by atoms with Gasteiger partial charge in [0.2, 0.25) is 15.9 Å². The number of aryl methyl sites for hydroxylation is 3. The number of hydrogen-bond donors (Lipinski definition) is 1. The second-order valence-corrected chi connectivity index (χ2v) is 11.2. The first-order valence-corrected chi connectivity index (χ1v) is 13.1. The molecule has 0 spiro atoms. The molecule has 1 aromatic carbocycles. The Labute approximate surface area is 182 Å². The van der Waals surface area contributed by atoms with Crippen molar-refractivity contribution in [1.82, 2.24) is 14.6 Å². The zero-order chi connectivity index (χ0) is 21.0. The van der Waals surface area contributed by atoms with Gasteiger partial charge in [0.15, 0.2) is 0 Å². The number of carbonyl (C=O) groups is 1. The third kappa shape index (κ3) is 4.92. The van der Waals surface area contributed by atoms with Gasteiger partial charge in [-0.25, -0.2) is 13.4 Å². The molecule has 0 radical (unpaired) electrons. The first-order valence-electron chi connectivity index (χ1n) is 10.8. The highest BCUT2D eigenvalue weighted by Crippen LogP contribution is 2.27. The van der Waals surface area contributed by atoms with Crippen molar-refractivity contribution in [2.45, 2.75) is 56.3 Å². The van der Waals surface area contributed by atoms with Crippen molar-refractivity contribution in [3.05, 3.63) is 45.9 Å². The molecule has 2 aromatic rings. The predicted molar refractivity (Wildman–Crippen MR) is 118 cm³/mol. The Morgan fingerprint density at radius 1 is 1.13 bits per heavy atom. The average Bonchev–Trinajstić information content (AvgIpc) is 3.20. The van der Waals surface area contributed by atoms with Crippen LogP contribution in [-0.4, -0.2) is 43.2 Å². The maximum atomic E-state index is 12.7. The van der Waals surface area contributed by atoms with Gasteiger partial charge >= 0.3 is 0 Å². The van der Waals surface area contributed by atoms with Crippen molar-refractivity contribution in [3.63, 3.8) is 0 Å². The molecule has 1 amide bonds. The van der Waals surface area contributed by atoms with Crippen LogP contribution < -0.4 is 5.32 Å². The molecule has 1 aromatic heterocycles. The third-order valence-electron chi connectivity index (χ3n) is 5.96. The van der Waals surface area contributed by atoms with Gasteiger partial charge in [0.1, 0.15) is 0 Å². The Morgan fingerprint density at radius 2 is 1.87 bits per heavy atom. The summed E-state index contributed by atoms with van der Waals surface area (Å²) in [5, 5.41) is 4.23. The minimum absolute atomic E-state index is 0.0465. The lowest BCUT2D eigenvalue weighted by Crippen LogP contribution is -2.43. The van der Waals surface area contributed by atoms with Crippen LogP contribution in [0.15, 0.2) is 35.2 Å². The molecule has 2 aliphatic rings. The van der Waals surface area contributed by atoms with Crippen LogP contribution >= 0.6 is 11.3 Å². The van der Waals surface area contributed by atoms with Gasteiger partial charge in [-0.15, -0.1) is 11.3 Å². The summed E-state index contributed by atoms with van der Waals surface area (Å²) in [6, 6.07) is 8.50. The lowest BCUT2D eigenvalue weighted by Gasteiger charge is -2.30. The van der Waals surface area contributed by atoms with Crippen molar-refractivity contribution in [1.29, 1.82) is 0 Å². The second-order valence-electron chi connectivity index (χ2n) is 8.07. The zero-order valence-corrected chi connectivity index (χ0v) is 18.8. The number of hydrogen-bond acceptors (Lipinski definition) is 5. The molecular weight excluding hydrogens is 418 g/mol.